The average Bonchev–Trinajstić information content (AvgIpc) is 2.46. The van der Waals surface area contributed by atoms with Gasteiger partial charge in [0.1, 0.15) is 10.8 Å². The predicted octanol–water partition coefficient (Wildman–Crippen LogP) is 2.15. The number of thiazole rings is 1. The molecule has 13 heavy (non-hydrogen) atoms. The summed E-state index contributed by atoms with van der Waals surface area (Å²) in [5.41, 5.74) is 0.746. The van der Waals surface area contributed by atoms with Crippen molar-refractivity contribution in [3.8, 4) is 0 Å². The summed E-state index contributed by atoms with van der Waals surface area (Å²) < 4.78 is 13.8. The Morgan fingerprint density at radius 2 is 2.38 bits per heavy atom. The molecular formula is C9H9FN2S. The third kappa shape index (κ3) is 1.68. The molecule has 0 saturated heterocycles. The number of nitrogens with zero attached hydrogens (tertiary/aromatic N) is 1. The lowest BCUT2D eigenvalue weighted by molar-refractivity contribution is 0.629. The Bertz CT molecular complexity index is 424. The van der Waals surface area contributed by atoms with Crippen molar-refractivity contribution in [3.63, 3.8) is 0 Å². The fraction of sp³-hybridized carbons (Fsp3) is 0.222. The molecule has 0 radical (unpaired) electrons. The fourth-order valence-corrected chi connectivity index (χ4v) is 2.13. The molecule has 0 unspecified atom stereocenters. The molecular weight excluding hydrogens is 187 g/mol. The first-order valence-corrected chi connectivity index (χ1v) is 4.81. The molecule has 1 heterocycles. The molecule has 0 aliphatic heterocycles. The van der Waals surface area contributed by atoms with Crippen molar-refractivity contribution in [1.82, 2.24) is 10.3 Å². The minimum Gasteiger partial charge on any atom is -0.314 e. The largest absolute Gasteiger partial charge is 0.314 e. The zero-order chi connectivity index (χ0) is 9.26. The van der Waals surface area contributed by atoms with Crippen molar-refractivity contribution in [2.75, 3.05) is 7.05 Å². The van der Waals surface area contributed by atoms with Crippen molar-refractivity contribution in [2.45, 2.75) is 6.54 Å². The lowest BCUT2D eigenvalue weighted by Crippen LogP contribution is -2.03. The molecule has 0 amide bonds. The van der Waals surface area contributed by atoms with Crippen LogP contribution in [0.4, 0.5) is 4.39 Å². The quantitative estimate of drug-likeness (QED) is 0.796. The van der Waals surface area contributed by atoms with E-state index in [4.69, 9.17) is 0 Å². The summed E-state index contributed by atoms with van der Waals surface area (Å²) in [7, 11) is 1.87. The van der Waals surface area contributed by atoms with Gasteiger partial charge < -0.3 is 5.32 Å². The first kappa shape index (κ1) is 8.59. The van der Waals surface area contributed by atoms with E-state index >= 15 is 0 Å². The van der Waals surface area contributed by atoms with Gasteiger partial charge in [0.2, 0.25) is 0 Å². The van der Waals surface area contributed by atoms with Crippen LogP contribution < -0.4 is 5.32 Å². The fourth-order valence-electron chi connectivity index (χ4n) is 1.18. The third-order valence-corrected chi connectivity index (χ3v) is 2.76. The monoisotopic (exact) mass is 196 g/mol. The van der Waals surface area contributed by atoms with Gasteiger partial charge >= 0.3 is 0 Å². The van der Waals surface area contributed by atoms with Crippen LogP contribution in [0.3, 0.4) is 0 Å². The second-order valence-electron chi connectivity index (χ2n) is 2.75. The van der Waals surface area contributed by atoms with E-state index in [9.17, 15) is 4.39 Å². The second kappa shape index (κ2) is 3.40. The predicted molar refractivity (Wildman–Crippen MR) is 52.3 cm³/mol. The van der Waals surface area contributed by atoms with Gasteiger partial charge in [-0.25, -0.2) is 9.37 Å². The molecule has 2 rings (SSSR count). The van der Waals surface area contributed by atoms with Gasteiger partial charge in [-0.3, -0.25) is 0 Å². The molecule has 1 N–H and O–H groups in total. The van der Waals surface area contributed by atoms with Gasteiger partial charge in [-0.05, 0) is 19.2 Å². The Hall–Kier alpha value is -1.00. The molecule has 0 saturated carbocycles. The summed E-state index contributed by atoms with van der Waals surface area (Å²) in [4.78, 5) is 4.28. The van der Waals surface area contributed by atoms with E-state index in [1.165, 1.54) is 12.1 Å². The number of aromatic nitrogens is 1. The van der Waals surface area contributed by atoms with E-state index in [-0.39, 0.29) is 5.82 Å². The van der Waals surface area contributed by atoms with Crippen LogP contribution in [0.2, 0.25) is 0 Å². The Kier molecular flexibility index (Phi) is 2.24. The maximum atomic E-state index is 12.8. The van der Waals surface area contributed by atoms with Gasteiger partial charge in [0, 0.05) is 12.6 Å². The molecule has 2 aromatic rings. The van der Waals surface area contributed by atoms with Crippen LogP contribution >= 0.6 is 11.3 Å². The number of halogens is 1. The zero-order valence-corrected chi connectivity index (χ0v) is 7.99. The highest BCUT2D eigenvalue weighted by atomic mass is 32.1. The van der Waals surface area contributed by atoms with Gasteiger partial charge in [-0.2, -0.15) is 0 Å². The standard InChI is InChI=1S/C9H9FN2S/c1-11-5-9-12-7-4-6(10)2-3-8(7)13-9/h2-4,11H,5H2,1H3. The van der Waals surface area contributed by atoms with E-state index < -0.39 is 0 Å². The summed E-state index contributed by atoms with van der Waals surface area (Å²) in [6, 6.07) is 4.69. The van der Waals surface area contributed by atoms with Crippen molar-refractivity contribution in [1.29, 1.82) is 0 Å². The number of hydrogen-bond donors (Lipinski definition) is 1. The minimum atomic E-state index is -0.228. The number of fused-ring (bicyclic) bond motifs is 1. The molecule has 0 bridgehead atoms. The highest BCUT2D eigenvalue weighted by molar-refractivity contribution is 7.18. The molecule has 1 aromatic heterocycles. The van der Waals surface area contributed by atoms with Gasteiger partial charge in [0.05, 0.1) is 10.2 Å². The van der Waals surface area contributed by atoms with Crippen LogP contribution in [0.25, 0.3) is 10.2 Å². The van der Waals surface area contributed by atoms with Crippen molar-refractivity contribution < 1.29 is 4.39 Å². The van der Waals surface area contributed by atoms with E-state index in [1.807, 2.05) is 7.05 Å². The third-order valence-electron chi connectivity index (χ3n) is 1.72. The Labute approximate surface area is 79.4 Å². The van der Waals surface area contributed by atoms with Crippen molar-refractivity contribution >= 4 is 21.6 Å². The SMILES string of the molecule is CNCc1nc2cc(F)ccc2s1. The van der Waals surface area contributed by atoms with E-state index in [0.29, 0.717) is 0 Å². The maximum Gasteiger partial charge on any atom is 0.125 e. The molecule has 0 aliphatic carbocycles. The number of nitrogens with one attached hydrogen (secondary N) is 1. The van der Waals surface area contributed by atoms with Crippen LogP contribution in [0.5, 0.6) is 0 Å². The lowest BCUT2D eigenvalue weighted by atomic mass is 10.3. The van der Waals surface area contributed by atoms with E-state index in [1.54, 1.807) is 17.4 Å². The molecule has 0 aliphatic rings. The van der Waals surface area contributed by atoms with Crippen molar-refractivity contribution in [3.05, 3.63) is 29.0 Å². The number of benzene rings is 1. The van der Waals surface area contributed by atoms with Crippen LogP contribution in [0.1, 0.15) is 5.01 Å². The molecule has 4 heteroatoms. The highest BCUT2D eigenvalue weighted by Crippen LogP contribution is 2.22. The van der Waals surface area contributed by atoms with E-state index in [2.05, 4.69) is 10.3 Å². The topological polar surface area (TPSA) is 24.9 Å². The molecule has 2 nitrogen and oxygen atoms in total. The van der Waals surface area contributed by atoms with Crippen LogP contribution in [0.15, 0.2) is 18.2 Å². The molecule has 1 aromatic carbocycles. The summed E-state index contributed by atoms with van der Waals surface area (Å²) >= 11 is 1.59. The Morgan fingerprint density at radius 1 is 1.54 bits per heavy atom. The van der Waals surface area contributed by atoms with Gasteiger partial charge in [0.25, 0.3) is 0 Å². The van der Waals surface area contributed by atoms with Crippen molar-refractivity contribution in [2.24, 2.45) is 0 Å². The Morgan fingerprint density at radius 3 is 3.15 bits per heavy atom. The molecule has 0 fully saturated rings. The Balaban J connectivity index is 2.49. The summed E-state index contributed by atoms with van der Waals surface area (Å²) in [5.74, 6) is -0.228. The molecule has 0 atom stereocenters. The smallest absolute Gasteiger partial charge is 0.125 e. The molecule has 0 spiro atoms. The van der Waals surface area contributed by atoms with E-state index in [0.717, 1.165) is 21.8 Å². The van der Waals surface area contributed by atoms with Gasteiger partial charge in [-0.15, -0.1) is 11.3 Å². The highest BCUT2D eigenvalue weighted by Gasteiger charge is 2.03. The summed E-state index contributed by atoms with van der Waals surface area (Å²) in [6.45, 7) is 0.737. The average molecular weight is 196 g/mol. The first-order valence-electron chi connectivity index (χ1n) is 3.99. The maximum absolute atomic E-state index is 12.8. The van der Waals surface area contributed by atoms with Gasteiger partial charge in [0.15, 0.2) is 0 Å². The molecule has 68 valence electrons. The summed E-state index contributed by atoms with van der Waals surface area (Å²) in [6.07, 6.45) is 0. The number of rotatable bonds is 2. The second-order valence-corrected chi connectivity index (χ2v) is 3.87. The van der Waals surface area contributed by atoms with Crippen LogP contribution in [-0.2, 0) is 6.54 Å². The van der Waals surface area contributed by atoms with Crippen LogP contribution in [0, 0.1) is 5.82 Å². The van der Waals surface area contributed by atoms with Gasteiger partial charge in [-0.1, -0.05) is 0 Å². The first-order chi connectivity index (χ1) is 6.29. The zero-order valence-electron chi connectivity index (χ0n) is 7.17. The normalized spacial score (nSPS) is 10.9. The minimum absolute atomic E-state index is 0.228. The lowest BCUT2D eigenvalue weighted by Gasteiger charge is -1.88. The van der Waals surface area contributed by atoms with Crippen LogP contribution in [-0.4, -0.2) is 12.0 Å². The number of hydrogen-bond acceptors (Lipinski definition) is 3. The summed E-state index contributed by atoms with van der Waals surface area (Å²) in [5, 5.41) is 4.00.